The maximum atomic E-state index is 12.7. The third-order valence-electron chi connectivity index (χ3n) is 3.84. The van der Waals surface area contributed by atoms with Crippen molar-refractivity contribution in [2.24, 2.45) is 0 Å². The van der Waals surface area contributed by atoms with E-state index in [0.29, 0.717) is 11.6 Å². The van der Waals surface area contributed by atoms with Gasteiger partial charge >= 0.3 is 0 Å². The van der Waals surface area contributed by atoms with Gasteiger partial charge in [0.2, 0.25) is 0 Å². The molecule has 0 aliphatic heterocycles. The van der Waals surface area contributed by atoms with E-state index in [2.05, 4.69) is 9.97 Å². The van der Waals surface area contributed by atoms with Crippen LogP contribution in [0.2, 0.25) is 0 Å². The Hall–Kier alpha value is -1.95. The second-order valence-electron chi connectivity index (χ2n) is 6.73. The lowest BCUT2D eigenvalue weighted by Gasteiger charge is -2.24. The van der Waals surface area contributed by atoms with Crippen molar-refractivity contribution in [2.45, 2.75) is 44.1 Å². The van der Waals surface area contributed by atoms with Gasteiger partial charge in [0, 0.05) is 24.0 Å². The number of rotatable bonds is 5. The van der Waals surface area contributed by atoms with Gasteiger partial charge in [-0.1, -0.05) is 33.8 Å². The summed E-state index contributed by atoms with van der Waals surface area (Å²) in [6, 6.07) is 5.16. The number of nitrogens with zero attached hydrogens (tertiary/aromatic N) is 2. The minimum Gasteiger partial charge on any atom is -0.397 e. The topological polar surface area (TPSA) is 85.9 Å². The predicted octanol–water partition coefficient (Wildman–Crippen LogP) is 2.93. The molecule has 0 aliphatic carbocycles. The summed E-state index contributed by atoms with van der Waals surface area (Å²) in [5, 5.41) is 0.104. The molecule has 0 spiro atoms. The summed E-state index contributed by atoms with van der Waals surface area (Å²) in [6.45, 7) is 7.81. The van der Waals surface area contributed by atoms with E-state index in [9.17, 15) is 8.42 Å². The van der Waals surface area contributed by atoms with Crippen molar-refractivity contribution in [3.05, 3.63) is 47.9 Å². The first-order valence-corrected chi connectivity index (χ1v) is 9.17. The fourth-order valence-electron chi connectivity index (χ4n) is 2.38. The van der Waals surface area contributed by atoms with Gasteiger partial charge in [0.25, 0.3) is 0 Å². The lowest BCUT2D eigenvalue weighted by atomic mass is 9.88. The highest BCUT2D eigenvalue weighted by molar-refractivity contribution is 7.91. The zero-order valence-corrected chi connectivity index (χ0v) is 14.8. The number of hydrogen-bond donors (Lipinski definition) is 1. The summed E-state index contributed by atoms with van der Waals surface area (Å²) in [7, 11) is -3.50. The highest BCUT2D eigenvalue weighted by Crippen LogP contribution is 2.28. The SMILES string of the molecule is CC(C)c1ccc(S(=O)(=O)CC(C)(C)c2cncc(N)c2)nc1. The lowest BCUT2D eigenvalue weighted by Crippen LogP contribution is -2.29. The molecule has 23 heavy (non-hydrogen) atoms. The highest BCUT2D eigenvalue weighted by atomic mass is 32.2. The first kappa shape index (κ1) is 17.4. The number of nitrogen functional groups attached to an aromatic ring is 1. The van der Waals surface area contributed by atoms with Gasteiger partial charge in [-0.2, -0.15) is 0 Å². The van der Waals surface area contributed by atoms with E-state index in [1.807, 2.05) is 33.8 Å². The first-order chi connectivity index (χ1) is 10.6. The molecule has 0 atom stereocenters. The number of sulfone groups is 1. The molecule has 5 nitrogen and oxygen atoms in total. The van der Waals surface area contributed by atoms with Crippen LogP contribution < -0.4 is 5.73 Å². The Morgan fingerprint density at radius 3 is 2.39 bits per heavy atom. The van der Waals surface area contributed by atoms with Crippen molar-refractivity contribution in [2.75, 3.05) is 11.5 Å². The monoisotopic (exact) mass is 333 g/mol. The number of aromatic nitrogens is 2. The number of hydrogen-bond acceptors (Lipinski definition) is 5. The van der Waals surface area contributed by atoms with Crippen LogP contribution in [0, 0.1) is 0 Å². The Balaban J connectivity index is 2.29. The first-order valence-electron chi connectivity index (χ1n) is 7.51. The molecular weight excluding hydrogens is 310 g/mol. The van der Waals surface area contributed by atoms with Gasteiger partial charge in [-0.15, -0.1) is 0 Å². The van der Waals surface area contributed by atoms with Crippen LogP contribution in [0.4, 0.5) is 5.69 Å². The molecule has 2 rings (SSSR count). The standard InChI is InChI=1S/C17H23N3O2S/c1-12(2)13-5-6-16(20-8-13)23(21,22)11-17(3,4)14-7-15(18)10-19-9-14/h5-10,12H,11,18H2,1-4H3. The second-order valence-corrected chi connectivity index (χ2v) is 8.67. The molecule has 0 saturated heterocycles. The van der Waals surface area contributed by atoms with Crippen LogP contribution in [0.5, 0.6) is 0 Å². The van der Waals surface area contributed by atoms with E-state index in [-0.39, 0.29) is 10.8 Å². The van der Waals surface area contributed by atoms with Gasteiger partial charge in [0.05, 0.1) is 11.4 Å². The summed E-state index contributed by atoms with van der Waals surface area (Å²) < 4.78 is 25.3. The molecule has 2 N–H and O–H groups in total. The van der Waals surface area contributed by atoms with E-state index in [0.717, 1.165) is 11.1 Å². The van der Waals surface area contributed by atoms with E-state index in [1.54, 1.807) is 30.7 Å². The minimum atomic E-state index is -3.50. The predicted molar refractivity (Wildman–Crippen MR) is 92.1 cm³/mol. The third-order valence-corrected chi connectivity index (χ3v) is 5.82. The Labute approximate surface area is 137 Å². The number of pyridine rings is 2. The van der Waals surface area contributed by atoms with Crippen LogP contribution in [0.3, 0.4) is 0 Å². The molecule has 0 bridgehead atoms. The average Bonchev–Trinajstić information content (AvgIpc) is 2.46. The summed E-state index contributed by atoms with van der Waals surface area (Å²) in [5.41, 5.74) is 7.47. The smallest absolute Gasteiger partial charge is 0.196 e. The van der Waals surface area contributed by atoms with E-state index < -0.39 is 15.3 Å². The van der Waals surface area contributed by atoms with Crippen molar-refractivity contribution in [3.8, 4) is 0 Å². The van der Waals surface area contributed by atoms with Crippen LogP contribution in [0.15, 0.2) is 41.8 Å². The number of nitrogens with two attached hydrogens (primary N) is 1. The zero-order valence-electron chi connectivity index (χ0n) is 13.9. The van der Waals surface area contributed by atoms with Crippen molar-refractivity contribution in [1.29, 1.82) is 0 Å². The summed E-state index contributed by atoms with van der Waals surface area (Å²) in [6.07, 6.45) is 4.83. The molecule has 0 unspecified atom stereocenters. The molecule has 0 saturated carbocycles. The molecule has 6 heteroatoms. The van der Waals surface area contributed by atoms with Gasteiger partial charge < -0.3 is 5.73 Å². The van der Waals surface area contributed by atoms with Gasteiger partial charge in [-0.3, -0.25) is 4.98 Å². The molecule has 0 radical (unpaired) electrons. The molecule has 0 fully saturated rings. The summed E-state index contributed by atoms with van der Waals surface area (Å²) >= 11 is 0. The summed E-state index contributed by atoms with van der Waals surface area (Å²) in [4.78, 5) is 8.19. The molecule has 0 aromatic carbocycles. The lowest BCUT2D eigenvalue weighted by molar-refractivity contribution is 0.544. The van der Waals surface area contributed by atoms with Crippen LogP contribution in [0.1, 0.15) is 44.7 Å². The molecule has 2 aromatic rings. The van der Waals surface area contributed by atoms with Crippen molar-refractivity contribution < 1.29 is 8.42 Å². The quantitative estimate of drug-likeness (QED) is 0.909. The van der Waals surface area contributed by atoms with Gasteiger partial charge in [0.1, 0.15) is 0 Å². The number of anilines is 1. The third kappa shape index (κ3) is 4.07. The van der Waals surface area contributed by atoms with Crippen molar-refractivity contribution >= 4 is 15.5 Å². The minimum absolute atomic E-state index is 0.0564. The largest absolute Gasteiger partial charge is 0.397 e. The van der Waals surface area contributed by atoms with Crippen LogP contribution >= 0.6 is 0 Å². The van der Waals surface area contributed by atoms with E-state index in [1.165, 1.54) is 0 Å². The molecule has 0 aliphatic rings. The maximum absolute atomic E-state index is 12.7. The van der Waals surface area contributed by atoms with Crippen molar-refractivity contribution in [1.82, 2.24) is 9.97 Å². The highest BCUT2D eigenvalue weighted by Gasteiger charge is 2.30. The molecule has 2 aromatic heterocycles. The van der Waals surface area contributed by atoms with Crippen molar-refractivity contribution in [3.63, 3.8) is 0 Å². The molecule has 2 heterocycles. The molecule has 0 amide bonds. The van der Waals surface area contributed by atoms with Crippen LogP contribution in [-0.4, -0.2) is 24.1 Å². The van der Waals surface area contributed by atoms with E-state index >= 15 is 0 Å². The van der Waals surface area contributed by atoms with Crippen LogP contribution in [-0.2, 0) is 15.3 Å². The molecular formula is C17H23N3O2S. The Morgan fingerprint density at radius 1 is 1.17 bits per heavy atom. The Kier molecular flexibility index (Phi) is 4.75. The Morgan fingerprint density at radius 2 is 1.87 bits per heavy atom. The van der Waals surface area contributed by atoms with Gasteiger partial charge in [-0.25, -0.2) is 13.4 Å². The fraction of sp³-hybridized carbons (Fsp3) is 0.412. The second kappa shape index (κ2) is 6.28. The zero-order chi connectivity index (χ0) is 17.3. The normalized spacial score (nSPS) is 12.6. The Bertz CT molecular complexity index is 782. The van der Waals surface area contributed by atoms with Gasteiger partial charge in [-0.05, 0) is 29.2 Å². The van der Waals surface area contributed by atoms with Gasteiger partial charge in [0.15, 0.2) is 14.9 Å². The maximum Gasteiger partial charge on any atom is 0.196 e. The van der Waals surface area contributed by atoms with E-state index in [4.69, 9.17) is 5.73 Å². The summed E-state index contributed by atoms with van der Waals surface area (Å²) in [5.74, 6) is 0.258. The van der Waals surface area contributed by atoms with Crippen LogP contribution in [0.25, 0.3) is 0 Å². The fourth-order valence-corrected chi connectivity index (χ4v) is 4.13. The molecule has 124 valence electrons. The average molecular weight is 333 g/mol.